The van der Waals surface area contributed by atoms with Crippen LogP contribution in [0.2, 0.25) is 0 Å². The van der Waals surface area contributed by atoms with E-state index in [-0.39, 0.29) is 18.1 Å². The molecule has 3 heteroatoms. The number of nitrogens with one attached hydrogen (secondary N) is 1. The Hall–Kier alpha value is -1.35. The van der Waals surface area contributed by atoms with Crippen LogP contribution in [0.3, 0.4) is 0 Å². The summed E-state index contributed by atoms with van der Waals surface area (Å²) in [7, 11) is 0. The van der Waals surface area contributed by atoms with E-state index in [1.807, 2.05) is 18.2 Å². The van der Waals surface area contributed by atoms with Gasteiger partial charge in [-0.05, 0) is 25.0 Å². The second-order valence-electron chi connectivity index (χ2n) is 3.76. The predicted octanol–water partition coefficient (Wildman–Crippen LogP) is 0.941. The molecule has 0 unspecified atom stereocenters. The van der Waals surface area contributed by atoms with Crippen LogP contribution in [0.1, 0.15) is 23.2 Å². The Morgan fingerprint density at radius 3 is 2.50 bits per heavy atom. The first kappa shape index (κ1) is 9.21. The van der Waals surface area contributed by atoms with Crippen molar-refractivity contribution < 1.29 is 9.90 Å². The number of hydrogen-bond acceptors (Lipinski definition) is 2. The van der Waals surface area contributed by atoms with E-state index in [2.05, 4.69) is 5.32 Å². The zero-order valence-electron chi connectivity index (χ0n) is 7.86. The highest BCUT2D eigenvalue weighted by Gasteiger charge is 2.43. The Kier molecular flexibility index (Phi) is 2.25. The highest BCUT2D eigenvalue weighted by molar-refractivity contribution is 5.94. The molecule has 74 valence electrons. The standard InChI is InChI=1S/C11H13NO2/c13-8-11(6-7-11)12-10(14)9-4-2-1-3-5-9/h1-5,13H,6-8H2,(H,12,14). The lowest BCUT2D eigenvalue weighted by molar-refractivity contribution is 0.0907. The second kappa shape index (κ2) is 3.42. The van der Waals surface area contributed by atoms with Crippen LogP contribution in [0, 0.1) is 0 Å². The Morgan fingerprint density at radius 1 is 1.36 bits per heavy atom. The first-order chi connectivity index (χ1) is 6.76. The molecule has 2 N–H and O–H groups in total. The zero-order chi connectivity index (χ0) is 10.0. The smallest absolute Gasteiger partial charge is 0.251 e. The van der Waals surface area contributed by atoms with Crippen LogP contribution in [0.25, 0.3) is 0 Å². The first-order valence-electron chi connectivity index (χ1n) is 4.74. The number of benzene rings is 1. The van der Waals surface area contributed by atoms with E-state index < -0.39 is 0 Å². The Morgan fingerprint density at radius 2 is 2.00 bits per heavy atom. The van der Waals surface area contributed by atoms with Gasteiger partial charge in [0.2, 0.25) is 0 Å². The second-order valence-corrected chi connectivity index (χ2v) is 3.76. The normalized spacial score (nSPS) is 17.5. The molecule has 0 spiro atoms. The van der Waals surface area contributed by atoms with Crippen LogP contribution >= 0.6 is 0 Å². The van der Waals surface area contributed by atoms with Gasteiger partial charge in [0.1, 0.15) is 0 Å². The minimum atomic E-state index is -0.326. The van der Waals surface area contributed by atoms with Crippen molar-refractivity contribution >= 4 is 5.91 Å². The molecule has 1 aliphatic carbocycles. The quantitative estimate of drug-likeness (QED) is 0.747. The van der Waals surface area contributed by atoms with Gasteiger partial charge in [0.25, 0.3) is 5.91 Å². The van der Waals surface area contributed by atoms with Crippen molar-refractivity contribution in [3.05, 3.63) is 35.9 Å². The molecule has 1 amide bonds. The van der Waals surface area contributed by atoms with Crippen molar-refractivity contribution in [3.8, 4) is 0 Å². The van der Waals surface area contributed by atoms with E-state index >= 15 is 0 Å². The largest absolute Gasteiger partial charge is 0.394 e. The molecule has 1 aliphatic rings. The fourth-order valence-corrected chi connectivity index (χ4v) is 1.38. The molecule has 0 aliphatic heterocycles. The Labute approximate surface area is 82.8 Å². The maximum absolute atomic E-state index is 11.6. The van der Waals surface area contributed by atoms with Crippen molar-refractivity contribution in [1.82, 2.24) is 5.32 Å². The Bertz CT molecular complexity index is 330. The SMILES string of the molecule is O=C(NC1(CO)CC1)c1ccccc1. The summed E-state index contributed by atoms with van der Waals surface area (Å²) in [6.07, 6.45) is 1.75. The maximum atomic E-state index is 11.6. The summed E-state index contributed by atoms with van der Waals surface area (Å²) in [5.74, 6) is -0.0999. The molecule has 1 aromatic rings. The van der Waals surface area contributed by atoms with Crippen LogP contribution in [-0.4, -0.2) is 23.2 Å². The summed E-state index contributed by atoms with van der Waals surface area (Å²) >= 11 is 0. The third-order valence-corrected chi connectivity index (χ3v) is 2.57. The van der Waals surface area contributed by atoms with Gasteiger partial charge in [-0.3, -0.25) is 4.79 Å². The summed E-state index contributed by atoms with van der Waals surface area (Å²) < 4.78 is 0. The topological polar surface area (TPSA) is 49.3 Å². The number of carbonyl (C=O) groups is 1. The average molecular weight is 191 g/mol. The summed E-state index contributed by atoms with van der Waals surface area (Å²) in [6.45, 7) is 0.0333. The van der Waals surface area contributed by atoms with E-state index in [0.717, 1.165) is 12.8 Å². The van der Waals surface area contributed by atoms with Gasteiger partial charge in [-0.25, -0.2) is 0 Å². The molecule has 0 bridgehead atoms. The summed E-state index contributed by atoms with van der Waals surface area (Å²) in [5, 5.41) is 11.9. The van der Waals surface area contributed by atoms with E-state index in [4.69, 9.17) is 5.11 Å². The number of carbonyl (C=O) groups excluding carboxylic acids is 1. The lowest BCUT2D eigenvalue weighted by atomic mass is 10.2. The van der Waals surface area contributed by atoms with Gasteiger partial charge in [-0.15, -0.1) is 0 Å². The van der Waals surface area contributed by atoms with E-state index in [0.29, 0.717) is 5.56 Å². The third-order valence-electron chi connectivity index (χ3n) is 2.57. The fourth-order valence-electron chi connectivity index (χ4n) is 1.38. The van der Waals surface area contributed by atoms with Gasteiger partial charge in [0, 0.05) is 5.56 Å². The molecule has 1 fully saturated rings. The molecular formula is C11H13NO2. The van der Waals surface area contributed by atoms with Gasteiger partial charge in [-0.1, -0.05) is 18.2 Å². The van der Waals surface area contributed by atoms with Crippen molar-refractivity contribution in [3.63, 3.8) is 0 Å². The molecule has 0 radical (unpaired) electrons. The number of aliphatic hydroxyl groups is 1. The summed E-state index contributed by atoms with van der Waals surface area (Å²) in [5.41, 5.74) is 0.319. The zero-order valence-corrected chi connectivity index (χ0v) is 7.86. The average Bonchev–Trinajstić information content (AvgIpc) is 3.00. The molecule has 0 saturated heterocycles. The fraction of sp³-hybridized carbons (Fsp3) is 0.364. The summed E-state index contributed by atoms with van der Waals surface area (Å²) in [6, 6.07) is 9.06. The Balaban J connectivity index is 2.03. The van der Waals surface area contributed by atoms with E-state index in [1.165, 1.54) is 0 Å². The van der Waals surface area contributed by atoms with Crippen LogP contribution < -0.4 is 5.32 Å². The predicted molar refractivity (Wildman–Crippen MR) is 53.0 cm³/mol. The maximum Gasteiger partial charge on any atom is 0.251 e. The van der Waals surface area contributed by atoms with Gasteiger partial charge >= 0.3 is 0 Å². The number of amides is 1. The van der Waals surface area contributed by atoms with E-state index in [1.54, 1.807) is 12.1 Å². The van der Waals surface area contributed by atoms with Crippen LogP contribution in [0.5, 0.6) is 0 Å². The minimum Gasteiger partial charge on any atom is -0.394 e. The van der Waals surface area contributed by atoms with Crippen molar-refractivity contribution in [2.45, 2.75) is 18.4 Å². The molecular weight excluding hydrogens is 178 g/mol. The molecule has 1 aromatic carbocycles. The third kappa shape index (κ3) is 1.77. The van der Waals surface area contributed by atoms with Crippen LogP contribution in [0.4, 0.5) is 0 Å². The summed E-state index contributed by atoms with van der Waals surface area (Å²) in [4.78, 5) is 11.6. The van der Waals surface area contributed by atoms with Gasteiger partial charge in [-0.2, -0.15) is 0 Å². The molecule has 0 heterocycles. The molecule has 0 aromatic heterocycles. The van der Waals surface area contributed by atoms with Crippen LogP contribution in [-0.2, 0) is 0 Å². The molecule has 1 saturated carbocycles. The lowest BCUT2D eigenvalue weighted by Gasteiger charge is -2.13. The highest BCUT2D eigenvalue weighted by Crippen LogP contribution is 2.34. The van der Waals surface area contributed by atoms with E-state index in [9.17, 15) is 4.79 Å². The molecule has 0 atom stereocenters. The lowest BCUT2D eigenvalue weighted by Crippen LogP contribution is -2.39. The minimum absolute atomic E-state index is 0.0333. The monoisotopic (exact) mass is 191 g/mol. The molecule has 2 rings (SSSR count). The molecule has 3 nitrogen and oxygen atoms in total. The molecule has 14 heavy (non-hydrogen) atoms. The number of aliphatic hydroxyl groups excluding tert-OH is 1. The first-order valence-corrected chi connectivity index (χ1v) is 4.74. The number of hydrogen-bond donors (Lipinski definition) is 2. The van der Waals surface area contributed by atoms with Gasteiger partial charge in [0.15, 0.2) is 0 Å². The van der Waals surface area contributed by atoms with Gasteiger partial charge in [0.05, 0.1) is 12.1 Å². The number of rotatable bonds is 3. The van der Waals surface area contributed by atoms with Crippen LogP contribution in [0.15, 0.2) is 30.3 Å². The van der Waals surface area contributed by atoms with Gasteiger partial charge < -0.3 is 10.4 Å². The van der Waals surface area contributed by atoms with Crippen molar-refractivity contribution in [2.24, 2.45) is 0 Å². The highest BCUT2D eigenvalue weighted by atomic mass is 16.3. The van der Waals surface area contributed by atoms with Crippen molar-refractivity contribution in [1.29, 1.82) is 0 Å². The van der Waals surface area contributed by atoms with Crippen molar-refractivity contribution in [2.75, 3.05) is 6.61 Å².